The van der Waals surface area contributed by atoms with Crippen LogP contribution in [0.1, 0.15) is 39.5 Å². The second kappa shape index (κ2) is 11.0. The van der Waals surface area contributed by atoms with Crippen LogP contribution < -0.4 is 10.6 Å². The van der Waals surface area contributed by atoms with E-state index in [2.05, 4.69) is 29.4 Å². The second-order valence-corrected chi connectivity index (χ2v) is 5.80. The summed E-state index contributed by atoms with van der Waals surface area (Å²) in [6.07, 6.45) is 3.83. The molecule has 1 aliphatic rings. The molecule has 1 aliphatic heterocycles. The van der Waals surface area contributed by atoms with E-state index < -0.39 is 0 Å². The number of ether oxygens (including phenoxy) is 1. The van der Waals surface area contributed by atoms with Gasteiger partial charge >= 0.3 is 0 Å². The summed E-state index contributed by atoms with van der Waals surface area (Å²) in [5, 5.41) is 6.21. The molecule has 5 heteroatoms. The monoisotopic (exact) mass is 299 g/mol. The van der Waals surface area contributed by atoms with E-state index in [9.17, 15) is 4.79 Å². The third-order valence-electron chi connectivity index (χ3n) is 4.45. The predicted molar refractivity (Wildman–Crippen MR) is 86.4 cm³/mol. The van der Waals surface area contributed by atoms with Crippen molar-refractivity contribution in [2.24, 2.45) is 5.92 Å². The van der Waals surface area contributed by atoms with Crippen LogP contribution in [0.3, 0.4) is 0 Å². The Morgan fingerprint density at radius 1 is 1.24 bits per heavy atom. The standard InChI is InChI=1S/C16H33N3O2/c1-4-14(5-2)15(19-9-11-21-12-10-19)13-18-16(20)7-6-8-17-3/h14-15,17H,4-13H2,1-3H3,(H,18,20). The Morgan fingerprint density at radius 3 is 2.48 bits per heavy atom. The summed E-state index contributed by atoms with van der Waals surface area (Å²) >= 11 is 0. The molecule has 1 saturated heterocycles. The minimum Gasteiger partial charge on any atom is -0.379 e. The van der Waals surface area contributed by atoms with Crippen molar-refractivity contribution in [1.82, 2.24) is 15.5 Å². The highest BCUT2D eigenvalue weighted by atomic mass is 16.5. The fraction of sp³-hybridized carbons (Fsp3) is 0.938. The Morgan fingerprint density at radius 2 is 1.90 bits per heavy atom. The Labute approximate surface area is 129 Å². The van der Waals surface area contributed by atoms with Crippen LogP contribution in [0.4, 0.5) is 0 Å². The van der Waals surface area contributed by atoms with E-state index in [0.717, 1.165) is 58.7 Å². The highest BCUT2D eigenvalue weighted by molar-refractivity contribution is 5.75. The number of amides is 1. The van der Waals surface area contributed by atoms with Crippen LogP contribution in [0.25, 0.3) is 0 Å². The largest absolute Gasteiger partial charge is 0.379 e. The van der Waals surface area contributed by atoms with Crippen LogP contribution in [0.15, 0.2) is 0 Å². The number of morpholine rings is 1. The van der Waals surface area contributed by atoms with Gasteiger partial charge in [0.2, 0.25) is 5.91 Å². The van der Waals surface area contributed by atoms with Gasteiger partial charge in [0.25, 0.3) is 0 Å². The third kappa shape index (κ3) is 6.76. The van der Waals surface area contributed by atoms with Crippen molar-refractivity contribution >= 4 is 5.91 Å². The fourth-order valence-electron chi connectivity index (χ4n) is 3.07. The number of carbonyl (C=O) groups excluding carboxylic acids is 1. The summed E-state index contributed by atoms with van der Waals surface area (Å²) < 4.78 is 5.45. The van der Waals surface area contributed by atoms with Crippen LogP contribution in [0, 0.1) is 5.92 Å². The summed E-state index contributed by atoms with van der Waals surface area (Å²) in [7, 11) is 1.92. The van der Waals surface area contributed by atoms with E-state index in [0.29, 0.717) is 18.4 Å². The van der Waals surface area contributed by atoms with Crippen LogP contribution >= 0.6 is 0 Å². The molecule has 1 rings (SSSR count). The van der Waals surface area contributed by atoms with Crippen molar-refractivity contribution in [3.8, 4) is 0 Å². The van der Waals surface area contributed by atoms with Gasteiger partial charge in [-0.1, -0.05) is 26.7 Å². The van der Waals surface area contributed by atoms with E-state index in [1.165, 1.54) is 0 Å². The van der Waals surface area contributed by atoms with Gasteiger partial charge in [-0.2, -0.15) is 0 Å². The fourth-order valence-corrected chi connectivity index (χ4v) is 3.07. The maximum absolute atomic E-state index is 11.9. The van der Waals surface area contributed by atoms with Gasteiger partial charge in [0.15, 0.2) is 0 Å². The van der Waals surface area contributed by atoms with Crippen molar-refractivity contribution in [3.05, 3.63) is 0 Å². The molecule has 0 radical (unpaired) electrons. The van der Waals surface area contributed by atoms with Gasteiger partial charge in [-0.15, -0.1) is 0 Å². The lowest BCUT2D eigenvalue weighted by atomic mass is 9.92. The molecular formula is C16H33N3O2. The first-order chi connectivity index (χ1) is 10.2. The summed E-state index contributed by atoms with van der Waals surface area (Å²) in [5.74, 6) is 0.815. The van der Waals surface area contributed by atoms with Crippen molar-refractivity contribution in [2.75, 3.05) is 46.4 Å². The number of hydrogen-bond acceptors (Lipinski definition) is 4. The molecule has 0 spiro atoms. The average molecular weight is 299 g/mol. The van der Waals surface area contributed by atoms with Gasteiger partial charge in [0, 0.05) is 32.1 Å². The van der Waals surface area contributed by atoms with Crippen LogP contribution in [0.5, 0.6) is 0 Å². The van der Waals surface area contributed by atoms with Crippen LogP contribution in [-0.2, 0) is 9.53 Å². The van der Waals surface area contributed by atoms with E-state index in [4.69, 9.17) is 4.74 Å². The zero-order chi connectivity index (χ0) is 15.5. The van der Waals surface area contributed by atoms with Gasteiger partial charge < -0.3 is 15.4 Å². The lowest BCUT2D eigenvalue weighted by molar-refractivity contribution is -0.121. The highest BCUT2D eigenvalue weighted by Gasteiger charge is 2.27. The minimum atomic E-state index is 0.175. The number of nitrogens with zero attached hydrogens (tertiary/aromatic N) is 1. The summed E-state index contributed by atoms with van der Waals surface area (Å²) in [6.45, 7) is 9.75. The lowest BCUT2D eigenvalue weighted by Gasteiger charge is -2.38. The second-order valence-electron chi connectivity index (χ2n) is 5.80. The molecule has 1 heterocycles. The van der Waals surface area contributed by atoms with Crippen molar-refractivity contribution in [1.29, 1.82) is 0 Å². The molecular weight excluding hydrogens is 266 g/mol. The smallest absolute Gasteiger partial charge is 0.220 e. The van der Waals surface area contributed by atoms with Crippen molar-refractivity contribution in [2.45, 2.75) is 45.6 Å². The molecule has 0 bridgehead atoms. The molecule has 2 N–H and O–H groups in total. The van der Waals surface area contributed by atoms with E-state index >= 15 is 0 Å². The molecule has 1 amide bonds. The Kier molecular flexibility index (Phi) is 9.63. The Hall–Kier alpha value is -0.650. The van der Waals surface area contributed by atoms with Gasteiger partial charge in [0.1, 0.15) is 0 Å². The molecule has 0 aromatic heterocycles. The quantitative estimate of drug-likeness (QED) is 0.596. The molecule has 1 atom stereocenters. The van der Waals surface area contributed by atoms with E-state index in [1.54, 1.807) is 0 Å². The van der Waals surface area contributed by atoms with E-state index in [-0.39, 0.29) is 5.91 Å². The topological polar surface area (TPSA) is 53.6 Å². The first-order valence-electron chi connectivity index (χ1n) is 8.46. The van der Waals surface area contributed by atoms with Gasteiger partial charge in [-0.05, 0) is 25.9 Å². The third-order valence-corrected chi connectivity index (χ3v) is 4.45. The van der Waals surface area contributed by atoms with Crippen molar-refractivity contribution < 1.29 is 9.53 Å². The molecule has 124 valence electrons. The molecule has 5 nitrogen and oxygen atoms in total. The number of hydrogen-bond donors (Lipinski definition) is 2. The van der Waals surface area contributed by atoms with Gasteiger partial charge in [-0.3, -0.25) is 9.69 Å². The lowest BCUT2D eigenvalue weighted by Crippen LogP contribution is -2.52. The maximum atomic E-state index is 11.9. The highest BCUT2D eigenvalue weighted by Crippen LogP contribution is 2.19. The molecule has 1 unspecified atom stereocenters. The average Bonchev–Trinajstić information content (AvgIpc) is 2.52. The molecule has 21 heavy (non-hydrogen) atoms. The summed E-state index contributed by atoms with van der Waals surface area (Å²) in [4.78, 5) is 14.4. The van der Waals surface area contributed by atoms with E-state index in [1.807, 2.05) is 7.05 Å². The Bertz CT molecular complexity index is 277. The zero-order valence-electron chi connectivity index (χ0n) is 14.0. The Balaban J connectivity index is 2.46. The molecule has 0 aromatic rings. The normalized spacial score (nSPS) is 17.9. The predicted octanol–water partition coefficient (Wildman–Crippen LogP) is 1.24. The molecule has 1 fully saturated rings. The maximum Gasteiger partial charge on any atom is 0.220 e. The summed E-state index contributed by atoms with van der Waals surface area (Å²) in [5.41, 5.74) is 0. The van der Waals surface area contributed by atoms with Gasteiger partial charge in [-0.25, -0.2) is 0 Å². The summed E-state index contributed by atoms with van der Waals surface area (Å²) in [6, 6.07) is 0.442. The van der Waals surface area contributed by atoms with Gasteiger partial charge in [0.05, 0.1) is 13.2 Å². The van der Waals surface area contributed by atoms with Crippen molar-refractivity contribution in [3.63, 3.8) is 0 Å². The minimum absolute atomic E-state index is 0.175. The first kappa shape index (κ1) is 18.4. The van der Waals surface area contributed by atoms with Crippen LogP contribution in [-0.4, -0.2) is 63.3 Å². The molecule has 0 saturated carbocycles. The zero-order valence-corrected chi connectivity index (χ0v) is 14.0. The first-order valence-corrected chi connectivity index (χ1v) is 8.46. The number of carbonyl (C=O) groups is 1. The molecule has 0 aliphatic carbocycles. The number of nitrogens with one attached hydrogen (secondary N) is 2. The SMILES string of the molecule is CCC(CC)C(CNC(=O)CCCNC)N1CCOCC1. The number of rotatable bonds is 10. The van der Waals surface area contributed by atoms with Crippen LogP contribution in [0.2, 0.25) is 0 Å². The molecule has 0 aromatic carbocycles.